The summed E-state index contributed by atoms with van der Waals surface area (Å²) in [5, 5.41) is 2.76. The van der Waals surface area contributed by atoms with E-state index in [4.69, 9.17) is 6.58 Å². The molecule has 1 aliphatic carbocycles. The molecule has 55 heavy (non-hydrogen) atoms. The van der Waals surface area contributed by atoms with Crippen molar-refractivity contribution in [2.24, 2.45) is 11.8 Å². The number of hydrogen-bond donors (Lipinski definition) is 0. The summed E-state index contributed by atoms with van der Waals surface area (Å²) >= 11 is 0. The number of aryl methyl sites for hydroxylation is 2. The maximum Gasteiger partial charge on any atom is 0.214 e. The second-order valence-electron chi connectivity index (χ2n) is 19.3. The van der Waals surface area contributed by atoms with Gasteiger partial charge in [-0.25, -0.2) is 0 Å². The van der Waals surface area contributed by atoms with Crippen LogP contribution in [-0.4, -0.2) is 0 Å². The summed E-state index contributed by atoms with van der Waals surface area (Å²) in [4.78, 5) is 0. The minimum atomic E-state index is -0.387. The van der Waals surface area contributed by atoms with Crippen molar-refractivity contribution in [3.8, 4) is 22.5 Å². The zero-order valence-electron chi connectivity index (χ0n) is 35.0. The van der Waals surface area contributed by atoms with Gasteiger partial charge in [0.25, 0.3) is 0 Å². The Hall–Kier alpha value is -4.56. The molecule has 1 saturated carbocycles. The van der Waals surface area contributed by atoms with Crippen LogP contribution < -0.4 is 9.13 Å². The molecule has 9 rings (SSSR count). The highest BCUT2D eigenvalue weighted by atomic mass is 15.1. The normalized spacial score (nSPS) is 25.5. The van der Waals surface area contributed by atoms with Gasteiger partial charge in [0.15, 0.2) is 11.1 Å². The fourth-order valence-electron chi connectivity index (χ4n) is 12.2. The molecule has 3 aliphatic rings. The van der Waals surface area contributed by atoms with Crippen LogP contribution in [0.4, 0.5) is 0 Å². The highest BCUT2D eigenvalue weighted by molar-refractivity contribution is 5.84. The van der Waals surface area contributed by atoms with Gasteiger partial charge in [0.1, 0.15) is 0 Å². The molecule has 2 aromatic heterocycles. The Labute approximate surface area is 330 Å². The third kappa shape index (κ3) is 4.79. The summed E-state index contributed by atoms with van der Waals surface area (Å²) in [6, 6.07) is 38.2. The molecule has 0 saturated heterocycles. The Morgan fingerprint density at radius 3 is 1.84 bits per heavy atom. The summed E-state index contributed by atoms with van der Waals surface area (Å²) in [6.45, 7) is 29.6. The summed E-state index contributed by atoms with van der Waals surface area (Å²) in [5.74, 6) is 1.17. The molecule has 0 spiro atoms. The van der Waals surface area contributed by atoms with Crippen molar-refractivity contribution < 1.29 is 9.13 Å². The number of pyridine rings is 2. The number of benzene rings is 4. The second-order valence-corrected chi connectivity index (χ2v) is 19.3. The lowest BCUT2D eigenvalue weighted by Gasteiger charge is -2.57. The van der Waals surface area contributed by atoms with Gasteiger partial charge in [-0.2, -0.15) is 9.13 Å². The van der Waals surface area contributed by atoms with Crippen molar-refractivity contribution >= 4 is 21.8 Å². The van der Waals surface area contributed by atoms with Crippen molar-refractivity contribution in [3.05, 3.63) is 143 Å². The molecule has 6 aromatic rings. The maximum atomic E-state index is 5.17. The van der Waals surface area contributed by atoms with Gasteiger partial charge in [-0.3, -0.25) is 0 Å². The zero-order chi connectivity index (χ0) is 38.8. The molecule has 4 aromatic carbocycles. The van der Waals surface area contributed by atoms with Crippen LogP contribution in [0.15, 0.2) is 109 Å². The fraction of sp³-hybridized carbons (Fsp3) is 0.396. The lowest BCUT2D eigenvalue weighted by molar-refractivity contribution is -0.750. The van der Waals surface area contributed by atoms with E-state index in [9.17, 15) is 0 Å². The largest absolute Gasteiger partial charge is 0.214 e. The van der Waals surface area contributed by atoms with Crippen LogP contribution in [-0.2, 0) is 34.7 Å². The molecule has 4 heterocycles. The molecule has 2 nitrogen and oxygen atoms in total. The smallest absolute Gasteiger partial charge is 0.185 e. The first-order valence-electron chi connectivity index (χ1n) is 21.0. The Morgan fingerprint density at radius 2 is 1.22 bits per heavy atom. The zero-order valence-corrected chi connectivity index (χ0v) is 35.0. The monoisotopic (exact) mass is 724 g/mol. The van der Waals surface area contributed by atoms with E-state index in [-0.39, 0.29) is 21.9 Å². The van der Waals surface area contributed by atoms with Crippen molar-refractivity contribution in [1.82, 2.24) is 0 Å². The first-order valence-corrected chi connectivity index (χ1v) is 21.0. The topological polar surface area (TPSA) is 7.76 Å². The van der Waals surface area contributed by atoms with E-state index in [1.165, 1.54) is 83.3 Å². The Bertz CT molecular complexity index is 2590. The predicted octanol–water partition coefficient (Wildman–Crippen LogP) is 12.3. The number of nitrogens with zero attached hydrogens (tertiary/aromatic N) is 2. The molecule has 0 amide bonds. The number of rotatable bonds is 4. The van der Waals surface area contributed by atoms with Gasteiger partial charge in [-0.15, -0.1) is 0 Å². The van der Waals surface area contributed by atoms with Crippen LogP contribution in [0.2, 0.25) is 0 Å². The summed E-state index contributed by atoms with van der Waals surface area (Å²) in [5.41, 5.74) is 16.8. The van der Waals surface area contributed by atoms with Crippen molar-refractivity contribution in [2.45, 2.75) is 123 Å². The summed E-state index contributed by atoms with van der Waals surface area (Å²) < 4.78 is 5.57. The van der Waals surface area contributed by atoms with E-state index < -0.39 is 0 Å². The Morgan fingerprint density at radius 1 is 0.636 bits per heavy atom. The van der Waals surface area contributed by atoms with Gasteiger partial charge < -0.3 is 0 Å². The average molecular weight is 725 g/mol. The van der Waals surface area contributed by atoms with Gasteiger partial charge >= 0.3 is 0 Å². The van der Waals surface area contributed by atoms with Gasteiger partial charge in [0, 0.05) is 55.3 Å². The fourth-order valence-corrected chi connectivity index (χ4v) is 12.2. The molecule has 0 radical (unpaired) electrons. The van der Waals surface area contributed by atoms with Crippen LogP contribution >= 0.6 is 0 Å². The average Bonchev–Trinajstić information content (AvgIpc) is 3.14. The maximum absolute atomic E-state index is 5.17. The molecular formula is C53H60N2+2. The minimum Gasteiger partial charge on any atom is -0.185 e. The number of aromatic nitrogens is 2. The van der Waals surface area contributed by atoms with Crippen LogP contribution in [0.25, 0.3) is 44.3 Å². The molecule has 2 aliphatic heterocycles. The van der Waals surface area contributed by atoms with E-state index in [0.717, 1.165) is 32.1 Å². The summed E-state index contributed by atoms with van der Waals surface area (Å²) in [6.07, 6.45) is 5.06. The van der Waals surface area contributed by atoms with Gasteiger partial charge in [0.2, 0.25) is 22.4 Å². The first-order chi connectivity index (χ1) is 26.1. The van der Waals surface area contributed by atoms with Crippen LogP contribution in [0, 0.1) is 25.7 Å². The van der Waals surface area contributed by atoms with Crippen LogP contribution in [0.1, 0.15) is 108 Å². The molecular weight excluding hydrogens is 665 g/mol. The number of allylic oxidation sites excluding steroid dienone is 1. The quantitative estimate of drug-likeness (QED) is 0.126. The van der Waals surface area contributed by atoms with Gasteiger partial charge in [-0.1, -0.05) is 88.4 Å². The Balaban J connectivity index is 1.38. The highest BCUT2D eigenvalue weighted by Gasteiger charge is 2.69. The highest BCUT2D eigenvalue weighted by Crippen LogP contribution is 2.63. The third-order valence-corrected chi connectivity index (χ3v) is 15.0. The van der Waals surface area contributed by atoms with Gasteiger partial charge in [-0.05, 0) is 123 Å². The van der Waals surface area contributed by atoms with Crippen LogP contribution in [0.3, 0.4) is 0 Å². The van der Waals surface area contributed by atoms with E-state index >= 15 is 0 Å². The van der Waals surface area contributed by atoms with E-state index in [1.54, 1.807) is 0 Å². The lowest BCUT2D eigenvalue weighted by atomic mass is 9.47. The van der Waals surface area contributed by atoms with Crippen LogP contribution in [0.5, 0.6) is 0 Å². The molecule has 280 valence electrons. The van der Waals surface area contributed by atoms with E-state index in [0.29, 0.717) is 11.8 Å². The van der Waals surface area contributed by atoms with Gasteiger partial charge in [0.05, 0.1) is 22.0 Å². The molecule has 0 bridgehead atoms. The predicted molar refractivity (Wildman–Crippen MR) is 231 cm³/mol. The number of fused-ring (bicyclic) bond motifs is 16. The van der Waals surface area contributed by atoms with E-state index in [1.807, 2.05) is 0 Å². The molecule has 4 atom stereocenters. The Kier molecular flexibility index (Phi) is 8.02. The standard InChI is InChI=1S/C53H60N2/c1-33(2)29-38-16-13-19-45-40(38)22-25-47-42-18-12-15-36(6)49(42)51(9)32-50(8)44-24-21-35(5)31-43(44)48-26-23-41-39(30-34(3)4)17-14-20-46(41)55(48)53(50,11)37(7)27-28-52(51,10)54(45)47/h12-26,31,33-34H,7,27-30,32H2,1-6,8-11H3/q+2/t50?,51-,52?,53?/m0/s1. The molecule has 1 fully saturated rings. The number of hydrogen-bond acceptors (Lipinski definition) is 0. The SMILES string of the molecule is C=C1CCC2(C)[n+]3c(ccc4c(CC(C)C)cccc43)-c3cccc(C)c3[C@]2(C)CC2(C)c3ccc(C)cc3-c3ccc4c(CC(C)C)cccc4[n+]3C12C. The molecule has 0 N–H and O–H groups in total. The lowest BCUT2D eigenvalue weighted by Crippen LogP contribution is -2.75. The summed E-state index contributed by atoms with van der Waals surface area (Å²) in [7, 11) is 0. The second kappa shape index (κ2) is 12.2. The van der Waals surface area contributed by atoms with Crippen molar-refractivity contribution in [1.29, 1.82) is 0 Å². The first kappa shape index (κ1) is 36.1. The molecule has 3 unspecified atom stereocenters. The van der Waals surface area contributed by atoms with Crippen molar-refractivity contribution in [3.63, 3.8) is 0 Å². The minimum absolute atomic E-state index is 0.224. The van der Waals surface area contributed by atoms with Crippen molar-refractivity contribution in [2.75, 3.05) is 0 Å². The van der Waals surface area contributed by atoms with E-state index in [2.05, 4.69) is 175 Å². The third-order valence-electron chi connectivity index (χ3n) is 15.0. The molecule has 2 heteroatoms.